The van der Waals surface area contributed by atoms with Crippen LogP contribution in [0, 0.1) is 0 Å². The molecular formula is C12H11BrN2O2S. The number of halogens is 1. The first-order chi connectivity index (χ1) is 8.49. The van der Waals surface area contributed by atoms with Crippen LogP contribution in [0.15, 0.2) is 33.8 Å². The Balaban J connectivity index is 2.40. The fourth-order valence-corrected chi connectivity index (χ4v) is 2.57. The van der Waals surface area contributed by atoms with Gasteiger partial charge in [0.25, 0.3) is 5.91 Å². The van der Waals surface area contributed by atoms with Crippen molar-refractivity contribution in [3.05, 3.63) is 28.7 Å². The molecule has 2 rings (SSSR count). The van der Waals surface area contributed by atoms with E-state index in [2.05, 4.69) is 21.0 Å². The second kappa shape index (κ2) is 5.24. The second-order valence-electron chi connectivity index (χ2n) is 3.85. The maximum atomic E-state index is 12.1. The highest BCUT2D eigenvalue weighted by molar-refractivity contribution is 9.10. The summed E-state index contributed by atoms with van der Waals surface area (Å²) in [6.45, 7) is 3.23. The van der Waals surface area contributed by atoms with Crippen molar-refractivity contribution in [2.24, 2.45) is 5.10 Å². The quantitative estimate of drug-likeness (QED) is 0.839. The number of amides is 1. The molecule has 0 bridgehead atoms. The number of hydrogen-bond acceptors (Lipinski definition) is 4. The third-order valence-electron chi connectivity index (χ3n) is 2.41. The SMILES string of the molecule is CC(=O)C1=NN(c2ccc(Br)cc2)C(=O)C(C)S1. The van der Waals surface area contributed by atoms with E-state index >= 15 is 0 Å². The molecule has 1 heterocycles. The molecule has 4 nitrogen and oxygen atoms in total. The Morgan fingerprint density at radius 2 is 2.00 bits per heavy atom. The molecule has 1 amide bonds. The zero-order valence-corrected chi connectivity index (χ0v) is 12.3. The number of benzene rings is 1. The number of anilines is 1. The summed E-state index contributed by atoms with van der Waals surface area (Å²) in [6.07, 6.45) is 0. The van der Waals surface area contributed by atoms with Gasteiger partial charge >= 0.3 is 0 Å². The van der Waals surface area contributed by atoms with E-state index in [-0.39, 0.29) is 16.9 Å². The van der Waals surface area contributed by atoms with E-state index in [1.165, 1.54) is 23.7 Å². The van der Waals surface area contributed by atoms with Gasteiger partial charge in [-0.15, -0.1) is 0 Å². The Bertz CT molecular complexity index is 527. The van der Waals surface area contributed by atoms with Gasteiger partial charge in [0.2, 0.25) is 0 Å². The molecule has 1 unspecified atom stereocenters. The summed E-state index contributed by atoms with van der Waals surface area (Å²) in [6, 6.07) is 7.23. The largest absolute Gasteiger partial charge is 0.292 e. The van der Waals surface area contributed by atoms with E-state index in [4.69, 9.17) is 0 Å². The summed E-state index contributed by atoms with van der Waals surface area (Å²) in [5.74, 6) is -0.242. The smallest absolute Gasteiger partial charge is 0.260 e. The normalized spacial score (nSPS) is 19.7. The van der Waals surface area contributed by atoms with E-state index in [1.807, 2.05) is 12.1 Å². The van der Waals surface area contributed by atoms with Crippen LogP contribution in [0.2, 0.25) is 0 Å². The molecule has 0 N–H and O–H groups in total. The molecule has 18 heavy (non-hydrogen) atoms. The molecule has 1 aromatic rings. The van der Waals surface area contributed by atoms with E-state index in [9.17, 15) is 9.59 Å². The van der Waals surface area contributed by atoms with Crippen molar-refractivity contribution in [3.8, 4) is 0 Å². The van der Waals surface area contributed by atoms with Crippen LogP contribution < -0.4 is 5.01 Å². The predicted octanol–water partition coefficient (Wildman–Crippen LogP) is 2.82. The molecule has 1 atom stereocenters. The lowest BCUT2D eigenvalue weighted by Gasteiger charge is -2.26. The van der Waals surface area contributed by atoms with Crippen LogP contribution in [0.3, 0.4) is 0 Å². The molecule has 0 aromatic heterocycles. The minimum atomic E-state index is -0.301. The van der Waals surface area contributed by atoms with Gasteiger partial charge in [0.15, 0.2) is 10.8 Å². The van der Waals surface area contributed by atoms with E-state index < -0.39 is 0 Å². The van der Waals surface area contributed by atoms with Crippen molar-refractivity contribution in [2.45, 2.75) is 19.1 Å². The predicted molar refractivity (Wildman–Crippen MR) is 76.8 cm³/mol. The van der Waals surface area contributed by atoms with Crippen LogP contribution in [-0.4, -0.2) is 22.0 Å². The van der Waals surface area contributed by atoms with Gasteiger partial charge in [-0.2, -0.15) is 10.1 Å². The van der Waals surface area contributed by atoms with Crippen LogP contribution in [0.1, 0.15) is 13.8 Å². The molecule has 0 saturated heterocycles. The topological polar surface area (TPSA) is 49.7 Å². The van der Waals surface area contributed by atoms with Gasteiger partial charge in [-0.3, -0.25) is 9.59 Å². The first-order valence-electron chi connectivity index (χ1n) is 5.35. The molecule has 1 aliphatic rings. The van der Waals surface area contributed by atoms with E-state index in [0.717, 1.165) is 4.47 Å². The fourth-order valence-electron chi connectivity index (χ4n) is 1.47. The molecule has 1 aliphatic heterocycles. The van der Waals surface area contributed by atoms with Crippen LogP contribution in [-0.2, 0) is 9.59 Å². The van der Waals surface area contributed by atoms with Gasteiger partial charge in [-0.1, -0.05) is 27.7 Å². The van der Waals surface area contributed by atoms with Gasteiger partial charge in [0.05, 0.1) is 10.9 Å². The average molecular weight is 327 g/mol. The Hall–Kier alpha value is -1.14. The molecule has 0 radical (unpaired) electrons. The summed E-state index contributed by atoms with van der Waals surface area (Å²) in [7, 11) is 0. The Kier molecular flexibility index (Phi) is 3.87. The van der Waals surface area contributed by atoms with E-state index in [1.54, 1.807) is 19.1 Å². The molecule has 6 heteroatoms. The minimum Gasteiger partial charge on any atom is -0.292 e. The van der Waals surface area contributed by atoms with Crippen molar-refractivity contribution in [2.75, 3.05) is 5.01 Å². The van der Waals surface area contributed by atoms with Gasteiger partial charge in [0.1, 0.15) is 0 Å². The van der Waals surface area contributed by atoms with Crippen molar-refractivity contribution >= 4 is 50.1 Å². The Morgan fingerprint density at radius 3 is 2.56 bits per heavy atom. The lowest BCUT2D eigenvalue weighted by Crippen LogP contribution is -2.39. The number of Topliss-reactive ketones (excluding diaryl/α,β-unsaturated/α-hetero) is 1. The lowest BCUT2D eigenvalue weighted by atomic mass is 10.3. The molecule has 1 aromatic carbocycles. The van der Waals surface area contributed by atoms with Crippen molar-refractivity contribution in [1.29, 1.82) is 0 Å². The van der Waals surface area contributed by atoms with Crippen molar-refractivity contribution < 1.29 is 9.59 Å². The van der Waals surface area contributed by atoms with Gasteiger partial charge in [-0.05, 0) is 31.2 Å². The molecule has 94 valence electrons. The first kappa shape index (κ1) is 13.3. The summed E-state index contributed by atoms with van der Waals surface area (Å²) < 4.78 is 0.925. The number of ketones is 1. The van der Waals surface area contributed by atoms with Crippen molar-refractivity contribution in [1.82, 2.24) is 0 Å². The summed E-state index contributed by atoms with van der Waals surface area (Å²) >= 11 is 4.54. The van der Waals surface area contributed by atoms with Crippen molar-refractivity contribution in [3.63, 3.8) is 0 Å². The summed E-state index contributed by atoms with van der Waals surface area (Å²) in [5, 5.41) is 5.47. The Morgan fingerprint density at radius 1 is 1.39 bits per heavy atom. The highest BCUT2D eigenvalue weighted by Crippen LogP contribution is 2.27. The zero-order chi connectivity index (χ0) is 13.3. The summed E-state index contributed by atoms with van der Waals surface area (Å²) in [4.78, 5) is 23.4. The number of nitrogens with zero attached hydrogens (tertiary/aromatic N) is 2. The number of carbonyl (C=O) groups is 2. The van der Waals surface area contributed by atoms with Gasteiger partial charge in [-0.25, -0.2) is 0 Å². The van der Waals surface area contributed by atoms with Gasteiger partial charge in [0, 0.05) is 11.4 Å². The Labute approximate surface area is 118 Å². The number of hydrazone groups is 1. The average Bonchev–Trinajstić information content (AvgIpc) is 2.33. The fraction of sp³-hybridized carbons (Fsp3) is 0.250. The number of thioether (sulfide) groups is 1. The highest BCUT2D eigenvalue weighted by atomic mass is 79.9. The molecule has 0 aliphatic carbocycles. The second-order valence-corrected chi connectivity index (χ2v) is 6.09. The number of carbonyl (C=O) groups excluding carboxylic acids is 2. The van der Waals surface area contributed by atoms with Crippen LogP contribution in [0.5, 0.6) is 0 Å². The van der Waals surface area contributed by atoms with Crippen LogP contribution in [0.25, 0.3) is 0 Å². The van der Waals surface area contributed by atoms with Gasteiger partial charge < -0.3 is 0 Å². The van der Waals surface area contributed by atoms with Crippen LogP contribution >= 0.6 is 27.7 Å². The maximum Gasteiger partial charge on any atom is 0.260 e. The molecular weight excluding hydrogens is 316 g/mol. The summed E-state index contributed by atoms with van der Waals surface area (Å²) in [5.41, 5.74) is 0.661. The van der Waals surface area contributed by atoms with E-state index in [0.29, 0.717) is 10.7 Å². The lowest BCUT2D eigenvalue weighted by molar-refractivity contribution is -0.117. The number of rotatable bonds is 2. The maximum absolute atomic E-state index is 12.1. The molecule has 0 spiro atoms. The monoisotopic (exact) mass is 326 g/mol. The third kappa shape index (κ3) is 2.64. The zero-order valence-electron chi connectivity index (χ0n) is 9.88. The molecule has 0 fully saturated rings. The molecule has 0 saturated carbocycles. The third-order valence-corrected chi connectivity index (χ3v) is 4.08. The minimum absolute atomic E-state index is 0.118. The van der Waals surface area contributed by atoms with Crippen LogP contribution in [0.4, 0.5) is 5.69 Å². The standard InChI is InChI=1S/C12H11BrN2O2S/c1-7(16)11-14-15(12(17)8(2)18-11)10-5-3-9(13)4-6-10/h3-6,8H,1-2H3. The number of hydrogen-bond donors (Lipinski definition) is 0. The highest BCUT2D eigenvalue weighted by Gasteiger charge is 2.30. The first-order valence-corrected chi connectivity index (χ1v) is 7.02.